The lowest BCUT2D eigenvalue weighted by Gasteiger charge is -2.24. The Morgan fingerprint density at radius 3 is 2.59 bits per heavy atom. The number of aliphatic carboxylic acids is 1. The molecule has 2 N–H and O–H groups in total. The van der Waals surface area contributed by atoms with E-state index >= 15 is 0 Å². The molecule has 1 aliphatic carbocycles. The van der Waals surface area contributed by atoms with Gasteiger partial charge in [-0.25, -0.2) is 9.36 Å². The SMILES string of the molecule is COC1=C(CC=C(C)CP(=O)(Oc2ccccc2)OC(C)C(=O)O)C(=O)c2c(coc2O)C1C. The maximum absolute atomic E-state index is 13.5. The second-order valence-corrected chi connectivity index (χ2v) is 9.91. The number of fused-ring (bicyclic) bond motifs is 1. The number of Topliss-reactive ketones (excluding diaryl/α,β-unsaturated/α-hetero) is 1. The number of carboxylic acids is 1. The van der Waals surface area contributed by atoms with Gasteiger partial charge in [0.1, 0.15) is 17.1 Å². The molecule has 34 heavy (non-hydrogen) atoms. The Bertz CT molecular complexity index is 1180. The van der Waals surface area contributed by atoms with Gasteiger partial charge in [-0.15, -0.1) is 0 Å². The van der Waals surface area contributed by atoms with E-state index < -0.39 is 31.4 Å². The van der Waals surface area contributed by atoms with Gasteiger partial charge in [-0.05, 0) is 32.4 Å². The number of ether oxygens (including phenoxy) is 1. The van der Waals surface area contributed by atoms with Crippen LogP contribution in [0, 0.1) is 0 Å². The topological polar surface area (TPSA) is 132 Å². The first-order chi connectivity index (χ1) is 16.1. The zero-order chi connectivity index (χ0) is 25.0. The highest BCUT2D eigenvalue weighted by Crippen LogP contribution is 2.51. The third-order valence-corrected chi connectivity index (χ3v) is 7.44. The summed E-state index contributed by atoms with van der Waals surface area (Å²) in [6, 6.07) is 8.32. The summed E-state index contributed by atoms with van der Waals surface area (Å²) in [6.45, 7) is 4.79. The molecule has 0 aliphatic heterocycles. The molecule has 9 nitrogen and oxygen atoms in total. The molecular formula is C24H27O9P. The molecule has 0 spiro atoms. The van der Waals surface area contributed by atoms with Crippen LogP contribution in [0.2, 0.25) is 0 Å². The van der Waals surface area contributed by atoms with Crippen LogP contribution < -0.4 is 4.52 Å². The van der Waals surface area contributed by atoms with Crippen molar-refractivity contribution in [2.75, 3.05) is 13.3 Å². The smallest absolute Gasteiger partial charge is 0.384 e. The van der Waals surface area contributed by atoms with E-state index in [4.69, 9.17) is 18.2 Å². The standard InChI is InChI=1S/C24H27O9P/c1-14(13-34(29,32-16(3)23(26)27)33-17-8-6-5-7-9-17)10-11-18-21(25)20-19(12-31-24(20)28)15(2)22(18)30-4/h5-10,12,15-16,28H,11,13H2,1-4H3,(H,26,27). The van der Waals surface area contributed by atoms with Gasteiger partial charge in [0.2, 0.25) is 0 Å². The molecule has 1 heterocycles. The van der Waals surface area contributed by atoms with Crippen molar-refractivity contribution >= 4 is 19.3 Å². The maximum atomic E-state index is 13.5. The fourth-order valence-electron chi connectivity index (χ4n) is 3.73. The molecule has 0 fully saturated rings. The number of para-hydroxylation sites is 1. The van der Waals surface area contributed by atoms with Gasteiger partial charge < -0.3 is 23.9 Å². The third kappa shape index (κ3) is 5.43. The molecule has 0 radical (unpaired) electrons. The molecule has 0 saturated carbocycles. The molecule has 1 aliphatic rings. The van der Waals surface area contributed by atoms with Crippen molar-refractivity contribution in [2.45, 2.75) is 39.2 Å². The minimum Gasteiger partial charge on any atom is -0.500 e. The number of hydrogen-bond donors (Lipinski definition) is 2. The highest BCUT2D eigenvalue weighted by molar-refractivity contribution is 7.54. The van der Waals surface area contributed by atoms with E-state index in [9.17, 15) is 24.4 Å². The first-order valence-electron chi connectivity index (χ1n) is 10.6. The van der Waals surface area contributed by atoms with E-state index in [0.29, 0.717) is 22.5 Å². The number of allylic oxidation sites excluding steroid dienone is 4. The van der Waals surface area contributed by atoms with Crippen molar-refractivity contribution in [2.24, 2.45) is 0 Å². The van der Waals surface area contributed by atoms with Crippen LogP contribution in [-0.2, 0) is 18.6 Å². The van der Waals surface area contributed by atoms with Crippen molar-refractivity contribution in [1.29, 1.82) is 0 Å². The maximum Gasteiger partial charge on any atom is 0.384 e. The van der Waals surface area contributed by atoms with Gasteiger partial charge in [-0.1, -0.05) is 36.8 Å². The van der Waals surface area contributed by atoms with Gasteiger partial charge in [-0.3, -0.25) is 9.32 Å². The number of furan rings is 1. The molecular weight excluding hydrogens is 463 g/mol. The molecule has 182 valence electrons. The Morgan fingerprint density at radius 2 is 1.97 bits per heavy atom. The Balaban J connectivity index is 1.85. The van der Waals surface area contributed by atoms with E-state index in [-0.39, 0.29) is 29.8 Å². The van der Waals surface area contributed by atoms with Crippen LogP contribution in [0.15, 0.2) is 64.0 Å². The largest absolute Gasteiger partial charge is 0.500 e. The van der Waals surface area contributed by atoms with Crippen LogP contribution >= 0.6 is 7.60 Å². The summed E-state index contributed by atoms with van der Waals surface area (Å²) in [5, 5.41) is 19.2. The van der Waals surface area contributed by atoms with Crippen LogP contribution in [0.5, 0.6) is 11.7 Å². The van der Waals surface area contributed by atoms with Crippen molar-refractivity contribution < 1.29 is 42.6 Å². The number of methoxy groups -OCH3 is 1. The second-order valence-electron chi connectivity index (χ2n) is 7.98. The summed E-state index contributed by atoms with van der Waals surface area (Å²) >= 11 is 0. The Labute approximate surface area is 197 Å². The normalized spacial score (nSPS) is 18.8. The molecule has 1 aromatic carbocycles. The Morgan fingerprint density at radius 1 is 1.29 bits per heavy atom. The van der Waals surface area contributed by atoms with Crippen LogP contribution in [0.3, 0.4) is 0 Å². The fraction of sp³-hybridized carbons (Fsp3) is 0.333. The minimum absolute atomic E-state index is 0.103. The second kappa shape index (κ2) is 10.3. The summed E-state index contributed by atoms with van der Waals surface area (Å²) in [5.41, 5.74) is 1.53. The first kappa shape index (κ1) is 25.3. The van der Waals surface area contributed by atoms with Crippen molar-refractivity contribution in [3.8, 4) is 11.7 Å². The number of ketones is 1. The van der Waals surface area contributed by atoms with Gasteiger partial charge in [0.05, 0.1) is 19.5 Å². The lowest BCUT2D eigenvalue weighted by atomic mass is 9.83. The number of carbonyl (C=O) groups excluding carboxylic acids is 1. The molecule has 3 rings (SSSR count). The molecule has 2 aromatic rings. The summed E-state index contributed by atoms with van der Waals surface area (Å²) in [5.74, 6) is -1.72. The van der Waals surface area contributed by atoms with Crippen LogP contribution in [-0.4, -0.2) is 41.3 Å². The van der Waals surface area contributed by atoms with Gasteiger partial charge in [0.15, 0.2) is 11.9 Å². The van der Waals surface area contributed by atoms with Crippen LogP contribution in [0.4, 0.5) is 0 Å². The lowest BCUT2D eigenvalue weighted by Crippen LogP contribution is -2.21. The third-order valence-electron chi connectivity index (χ3n) is 5.43. The van der Waals surface area contributed by atoms with E-state index in [0.717, 1.165) is 0 Å². The first-order valence-corrected chi connectivity index (χ1v) is 12.3. The number of benzene rings is 1. The molecule has 0 amide bonds. The zero-order valence-corrected chi connectivity index (χ0v) is 20.2. The van der Waals surface area contributed by atoms with E-state index in [2.05, 4.69) is 0 Å². The summed E-state index contributed by atoms with van der Waals surface area (Å²) < 4.78 is 34.9. The van der Waals surface area contributed by atoms with E-state index in [1.54, 1.807) is 43.3 Å². The fourth-order valence-corrected chi connectivity index (χ4v) is 5.67. The van der Waals surface area contributed by atoms with E-state index in [1.807, 2.05) is 6.92 Å². The minimum atomic E-state index is -3.91. The van der Waals surface area contributed by atoms with Gasteiger partial charge in [0, 0.05) is 17.1 Å². The van der Waals surface area contributed by atoms with Crippen molar-refractivity contribution in [3.05, 3.63) is 70.7 Å². The quantitative estimate of drug-likeness (QED) is 0.337. The number of aromatic hydroxyl groups is 1. The van der Waals surface area contributed by atoms with Gasteiger partial charge >= 0.3 is 13.6 Å². The summed E-state index contributed by atoms with van der Waals surface area (Å²) in [6.07, 6.45) is 1.59. The highest BCUT2D eigenvalue weighted by atomic mass is 31.2. The van der Waals surface area contributed by atoms with Crippen LogP contribution in [0.25, 0.3) is 0 Å². The predicted molar refractivity (Wildman–Crippen MR) is 123 cm³/mol. The van der Waals surface area contributed by atoms with Crippen molar-refractivity contribution in [3.63, 3.8) is 0 Å². The van der Waals surface area contributed by atoms with Crippen molar-refractivity contribution in [1.82, 2.24) is 0 Å². The summed E-state index contributed by atoms with van der Waals surface area (Å²) in [4.78, 5) is 24.3. The molecule has 1 aromatic heterocycles. The molecule has 3 atom stereocenters. The van der Waals surface area contributed by atoms with E-state index in [1.165, 1.54) is 20.3 Å². The molecule has 0 saturated heterocycles. The summed E-state index contributed by atoms with van der Waals surface area (Å²) in [7, 11) is -2.45. The Hall–Kier alpha value is -3.29. The molecule has 0 bridgehead atoms. The number of hydrogen-bond acceptors (Lipinski definition) is 8. The number of rotatable bonds is 10. The number of carboxylic acid groups (broad SMARTS) is 1. The average Bonchev–Trinajstić information content (AvgIpc) is 3.17. The molecule has 3 unspecified atom stereocenters. The zero-order valence-electron chi connectivity index (χ0n) is 19.3. The van der Waals surface area contributed by atoms with Gasteiger partial charge in [-0.2, -0.15) is 0 Å². The average molecular weight is 490 g/mol. The Kier molecular flexibility index (Phi) is 7.69. The molecule has 10 heteroatoms. The van der Waals surface area contributed by atoms with Crippen LogP contribution in [0.1, 0.15) is 49.0 Å². The predicted octanol–water partition coefficient (Wildman–Crippen LogP) is 5.28. The number of carbonyl (C=O) groups is 2. The lowest BCUT2D eigenvalue weighted by molar-refractivity contribution is -0.144. The monoisotopic (exact) mass is 490 g/mol. The van der Waals surface area contributed by atoms with Gasteiger partial charge in [0.25, 0.3) is 5.95 Å². The highest BCUT2D eigenvalue weighted by Gasteiger charge is 2.36.